The summed E-state index contributed by atoms with van der Waals surface area (Å²) in [5.41, 5.74) is 1.54. The number of anilines is 2. The fourth-order valence-corrected chi connectivity index (χ4v) is 3.57. The van der Waals surface area contributed by atoms with E-state index in [4.69, 9.17) is 21.1 Å². The summed E-state index contributed by atoms with van der Waals surface area (Å²) in [5.74, 6) is 0.107. The van der Waals surface area contributed by atoms with E-state index in [1.165, 1.54) is 19.2 Å². The fraction of sp³-hybridized carbons (Fsp3) is 0.130. The second kappa shape index (κ2) is 10.4. The first-order chi connectivity index (χ1) is 15.6. The van der Waals surface area contributed by atoms with Gasteiger partial charge in [0.15, 0.2) is 12.4 Å². The van der Waals surface area contributed by atoms with Gasteiger partial charge < -0.3 is 14.8 Å². The number of nitrogens with one attached hydrogen (secondary N) is 2. The van der Waals surface area contributed by atoms with Gasteiger partial charge in [-0.15, -0.1) is 0 Å². The number of methoxy groups -OCH3 is 1. The van der Waals surface area contributed by atoms with E-state index in [1.807, 2.05) is 0 Å². The molecule has 0 bridgehead atoms. The minimum absolute atomic E-state index is 0.158. The van der Waals surface area contributed by atoms with Crippen molar-refractivity contribution < 1.29 is 27.5 Å². The van der Waals surface area contributed by atoms with E-state index >= 15 is 0 Å². The quantitative estimate of drug-likeness (QED) is 0.441. The second-order valence-corrected chi connectivity index (χ2v) is 9.17. The van der Waals surface area contributed by atoms with Gasteiger partial charge in [0.25, 0.3) is 5.91 Å². The van der Waals surface area contributed by atoms with Gasteiger partial charge in [-0.05, 0) is 66.7 Å². The van der Waals surface area contributed by atoms with Gasteiger partial charge in [0.05, 0.1) is 19.1 Å². The number of benzene rings is 3. The number of rotatable bonds is 9. The molecule has 1 amide bonds. The van der Waals surface area contributed by atoms with Crippen molar-refractivity contribution in [1.82, 2.24) is 0 Å². The third-order valence-electron chi connectivity index (χ3n) is 4.37. The predicted octanol–water partition coefficient (Wildman–Crippen LogP) is 3.97. The number of ether oxygens (including phenoxy) is 2. The van der Waals surface area contributed by atoms with E-state index in [1.54, 1.807) is 54.6 Å². The lowest BCUT2D eigenvalue weighted by molar-refractivity contribution is -0.118. The van der Waals surface area contributed by atoms with Gasteiger partial charge >= 0.3 is 0 Å². The van der Waals surface area contributed by atoms with Gasteiger partial charge in [0.1, 0.15) is 11.5 Å². The second-order valence-electron chi connectivity index (χ2n) is 6.99. The molecule has 0 heterocycles. The highest BCUT2D eigenvalue weighted by Crippen LogP contribution is 2.28. The highest BCUT2D eigenvalue weighted by molar-refractivity contribution is 7.92. The predicted molar refractivity (Wildman–Crippen MR) is 127 cm³/mol. The molecule has 0 aliphatic carbocycles. The third-order valence-corrected chi connectivity index (χ3v) is 5.21. The van der Waals surface area contributed by atoms with Crippen LogP contribution in [0.3, 0.4) is 0 Å². The zero-order valence-electron chi connectivity index (χ0n) is 17.8. The summed E-state index contributed by atoms with van der Waals surface area (Å²) in [7, 11) is -2.12. The molecule has 8 nitrogen and oxygen atoms in total. The number of halogens is 1. The lowest BCUT2D eigenvalue weighted by Crippen LogP contribution is -2.20. The van der Waals surface area contributed by atoms with Crippen molar-refractivity contribution >= 4 is 44.7 Å². The Morgan fingerprint density at radius 1 is 0.939 bits per heavy atom. The monoisotopic (exact) mass is 488 g/mol. The van der Waals surface area contributed by atoms with Crippen LogP contribution < -0.4 is 19.5 Å². The molecule has 0 spiro atoms. The van der Waals surface area contributed by atoms with Crippen molar-refractivity contribution in [3.05, 3.63) is 82.9 Å². The summed E-state index contributed by atoms with van der Waals surface area (Å²) >= 11 is 5.85. The molecule has 0 aliphatic heterocycles. The molecule has 172 valence electrons. The highest BCUT2D eigenvalue weighted by atomic mass is 35.5. The van der Waals surface area contributed by atoms with Crippen molar-refractivity contribution in [2.75, 3.05) is 30.0 Å². The molecule has 0 atom stereocenters. The van der Waals surface area contributed by atoms with E-state index in [-0.39, 0.29) is 18.1 Å². The fourth-order valence-electron chi connectivity index (χ4n) is 2.88. The van der Waals surface area contributed by atoms with Crippen molar-refractivity contribution in [3.63, 3.8) is 0 Å². The molecule has 0 unspecified atom stereocenters. The smallest absolute Gasteiger partial charge is 0.262 e. The minimum Gasteiger partial charge on any atom is -0.495 e. The van der Waals surface area contributed by atoms with Gasteiger partial charge in [-0.3, -0.25) is 14.3 Å². The van der Waals surface area contributed by atoms with Crippen LogP contribution in [0.1, 0.15) is 15.9 Å². The summed E-state index contributed by atoms with van der Waals surface area (Å²) in [6.07, 6.45) is 1.01. The summed E-state index contributed by atoms with van der Waals surface area (Å²) in [4.78, 5) is 24.8. The first kappa shape index (κ1) is 24.1. The third kappa shape index (κ3) is 6.96. The summed E-state index contributed by atoms with van der Waals surface area (Å²) < 4.78 is 36.0. The number of hydrogen-bond acceptors (Lipinski definition) is 6. The van der Waals surface area contributed by atoms with E-state index in [0.717, 1.165) is 6.26 Å². The maximum Gasteiger partial charge on any atom is 0.262 e. The van der Waals surface area contributed by atoms with Gasteiger partial charge in [0, 0.05) is 21.8 Å². The Labute approximate surface area is 196 Å². The van der Waals surface area contributed by atoms with Crippen LogP contribution in [0.2, 0.25) is 5.02 Å². The molecule has 0 fully saturated rings. The molecule has 0 saturated carbocycles. The first-order valence-corrected chi connectivity index (χ1v) is 11.9. The van der Waals surface area contributed by atoms with Crippen molar-refractivity contribution in [3.8, 4) is 11.5 Å². The number of sulfonamides is 1. The van der Waals surface area contributed by atoms with E-state index in [2.05, 4.69) is 10.0 Å². The Morgan fingerprint density at radius 3 is 2.12 bits per heavy atom. The van der Waals surface area contributed by atoms with Crippen molar-refractivity contribution in [2.24, 2.45) is 0 Å². The largest absolute Gasteiger partial charge is 0.495 e. The first-order valence-electron chi connectivity index (χ1n) is 9.63. The lowest BCUT2D eigenvalue weighted by atomic mass is 10.0. The van der Waals surface area contributed by atoms with Crippen molar-refractivity contribution in [1.29, 1.82) is 0 Å². The molecular formula is C23H21ClN2O6S. The highest BCUT2D eigenvalue weighted by Gasteiger charge is 2.12. The van der Waals surface area contributed by atoms with E-state index < -0.39 is 15.9 Å². The molecule has 0 aromatic heterocycles. The number of carbonyl (C=O) groups is 2. The standard InChI is InChI=1S/C23H21ClN2O6S/c1-31-21-12-9-18(13-20(21)26-33(2,29)30)25-22(27)14-32-19-10-5-16(6-11-19)23(28)15-3-7-17(24)8-4-15/h3-13,26H,14H2,1-2H3,(H,25,27). The van der Waals surface area contributed by atoms with Crippen LogP contribution in [-0.4, -0.2) is 40.1 Å². The van der Waals surface area contributed by atoms with Crippen LogP contribution >= 0.6 is 11.6 Å². The number of ketones is 1. The topological polar surface area (TPSA) is 111 Å². The van der Waals surface area contributed by atoms with E-state index in [0.29, 0.717) is 33.3 Å². The van der Waals surface area contributed by atoms with Crippen LogP contribution in [0.5, 0.6) is 11.5 Å². The Hall–Kier alpha value is -3.56. The maximum absolute atomic E-state index is 12.5. The van der Waals surface area contributed by atoms with Crippen LogP contribution in [0, 0.1) is 0 Å². The number of amides is 1. The van der Waals surface area contributed by atoms with Gasteiger partial charge in [-0.1, -0.05) is 11.6 Å². The summed E-state index contributed by atoms with van der Waals surface area (Å²) in [6.45, 7) is -0.286. The molecule has 2 N–H and O–H groups in total. The maximum atomic E-state index is 12.5. The molecule has 0 saturated heterocycles. The van der Waals surface area contributed by atoms with E-state index in [9.17, 15) is 18.0 Å². The molecule has 3 aromatic carbocycles. The molecular weight excluding hydrogens is 468 g/mol. The Morgan fingerprint density at radius 2 is 1.55 bits per heavy atom. The van der Waals surface area contributed by atoms with Crippen molar-refractivity contribution in [2.45, 2.75) is 0 Å². The molecule has 3 rings (SSSR count). The zero-order valence-corrected chi connectivity index (χ0v) is 19.4. The van der Waals surface area contributed by atoms with Crippen LogP contribution in [0.15, 0.2) is 66.7 Å². The lowest BCUT2D eigenvalue weighted by Gasteiger charge is -2.13. The average molecular weight is 489 g/mol. The van der Waals surface area contributed by atoms with Gasteiger partial charge in [0.2, 0.25) is 10.0 Å². The number of hydrogen-bond donors (Lipinski definition) is 2. The Kier molecular flexibility index (Phi) is 7.57. The minimum atomic E-state index is -3.53. The van der Waals surface area contributed by atoms with Gasteiger partial charge in [-0.2, -0.15) is 0 Å². The molecule has 3 aromatic rings. The summed E-state index contributed by atoms with van der Waals surface area (Å²) in [5, 5.41) is 3.17. The molecule has 33 heavy (non-hydrogen) atoms. The van der Waals surface area contributed by atoms with Crippen LogP contribution in [-0.2, 0) is 14.8 Å². The molecule has 0 aliphatic rings. The number of carbonyl (C=O) groups excluding carboxylic acids is 2. The Balaban J connectivity index is 1.59. The summed E-state index contributed by atoms with van der Waals surface area (Å²) in [6, 6.07) is 17.5. The van der Waals surface area contributed by atoms with Gasteiger partial charge in [-0.25, -0.2) is 8.42 Å². The SMILES string of the molecule is COc1ccc(NC(=O)COc2ccc(C(=O)c3ccc(Cl)cc3)cc2)cc1NS(C)(=O)=O. The zero-order chi connectivity index (χ0) is 24.0. The average Bonchev–Trinajstić information content (AvgIpc) is 2.77. The van der Waals surface area contributed by atoms with Crippen LogP contribution in [0.4, 0.5) is 11.4 Å². The molecule has 10 heteroatoms. The molecule has 0 radical (unpaired) electrons. The van der Waals surface area contributed by atoms with Crippen LogP contribution in [0.25, 0.3) is 0 Å². The normalized spacial score (nSPS) is 10.9. The Bertz CT molecular complexity index is 1260.